The first kappa shape index (κ1) is 10.8. The Labute approximate surface area is 82.6 Å². The van der Waals surface area contributed by atoms with Crippen LogP contribution in [-0.4, -0.2) is 38.7 Å². The molecule has 1 fully saturated rings. The first-order valence-electron chi connectivity index (χ1n) is 4.29. The largest absolute Gasteiger partial charge is 0.392 e. The Kier molecular flexibility index (Phi) is 3.23. The van der Waals surface area contributed by atoms with Crippen LogP contribution in [0.1, 0.15) is 13.8 Å². The van der Waals surface area contributed by atoms with Crippen molar-refractivity contribution in [1.82, 2.24) is 5.32 Å². The van der Waals surface area contributed by atoms with Gasteiger partial charge in [0.1, 0.15) is 0 Å². The number of aliphatic hydroxyl groups is 3. The molecule has 0 aromatic carbocycles. The van der Waals surface area contributed by atoms with E-state index >= 15 is 0 Å². The van der Waals surface area contributed by atoms with Crippen LogP contribution in [0.5, 0.6) is 0 Å². The van der Waals surface area contributed by atoms with E-state index in [1.54, 1.807) is 0 Å². The first-order valence-corrected chi connectivity index (χ1v) is 4.70. The van der Waals surface area contributed by atoms with Gasteiger partial charge in [0.05, 0.1) is 17.0 Å². The van der Waals surface area contributed by atoms with Crippen molar-refractivity contribution < 1.29 is 15.3 Å². The topological polar surface area (TPSA) is 72.7 Å². The molecule has 0 aliphatic carbocycles. The van der Waals surface area contributed by atoms with Gasteiger partial charge in [0, 0.05) is 12.0 Å². The van der Waals surface area contributed by atoms with E-state index in [4.69, 9.17) is 22.4 Å². The second-order valence-electron chi connectivity index (χ2n) is 3.59. The standard InChI is InChI=1S/C8H15NO3S/c1-3-4(2)9-7(13)5(6(3)10)8(11)12/h3-6,8,10-12H,1-2H3,(H,9,13). The van der Waals surface area contributed by atoms with E-state index in [9.17, 15) is 5.11 Å². The van der Waals surface area contributed by atoms with Gasteiger partial charge in [-0.3, -0.25) is 0 Å². The van der Waals surface area contributed by atoms with E-state index in [1.165, 1.54) is 0 Å². The van der Waals surface area contributed by atoms with Gasteiger partial charge in [-0.25, -0.2) is 0 Å². The molecule has 5 heteroatoms. The molecule has 1 aliphatic heterocycles. The fourth-order valence-electron chi connectivity index (χ4n) is 1.54. The monoisotopic (exact) mass is 205 g/mol. The van der Waals surface area contributed by atoms with Crippen LogP contribution in [0.2, 0.25) is 0 Å². The molecule has 1 aliphatic rings. The van der Waals surface area contributed by atoms with E-state index in [1.807, 2.05) is 13.8 Å². The molecule has 0 aromatic rings. The van der Waals surface area contributed by atoms with Crippen molar-refractivity contribution in [3.8, 4) is 0 Å². The molecular formula is C8H15NO3S. The van der Waals surface area contributed by atoms with Gasteiger partial charge < -0.3 is 20.6 Å². The smallest absolute Gasteiger partial charge is 0.163 e. The Balaban J connectivity index is 2.79. The molecule has 0 radical (unpaired) electrons. The Morgan fingerprint density at radius 1 is 1.38 bits per heavy atom. The van der Waals surface area contributed by atoms with E-state index in [0.29, 0.717) is 4.99 Å². The molecule has 4 N–H and O–H groups in total. The van der Waals surface area contributed by atoms with Gasteiger partial charge in [0.15, 0.2) is 6.29 Å². The van der Waals surface area contributed by atoms with Crippen LogP contribution in [0.25, 0.3) is 0 Å². The number of rotatable bonds is 1. The molecule has 4 unspecified atom stereocenters. The summed E-state index contributed by atoms with van der Waals surface area (Å²) in [4.78, 5) is 0.327. The van der Waals surface area contributed by atoms with Gasteiger partial charge in [0.25, 0.3) is 0 Å². The van der Waals surface area contributed by atoms with Crippen LogP contribution in [0, 0.1) is 11.8 Å². The quantitative estimate of drug-likeness (QED) is 0.334. The Hall–Kier alpha value is -0.230. The van der Waals surface area contributed by atoms with E-state index in [0.717, 1.165) is 0 Å². The SMILES string of the molecule is CC1NC(=S)C(C(O)O)C(O)C1C. The summed E-state index contributed by atoms with van der Waals surface area (Å²) < 4.78 is 0. The van der Waals surface area contributed by atoms with E-state index < -0.39 is 18.3 Å². The Bertz CT molecular complexity index is 210. The number of thiocarbonyl (C=S) groups is 1. The fourth-order valence-corrected chi connectivity index (χ4v) is 1.99. The zero-order chi connectivity index (χ0) is 10.2. The third kappa shape index (κ3) is 1.99. The lowest BCUT2D eigenvalue weighted by Gasteiger charge is -2.39. The molecule has 1 rings (SSSR count). The third-order valence-electron chi connectivity index (χ3n) is 2.69. The van der Waals surface area contributed by atoms with Crippen molar-refractivity contribution in [1.29, 1.82) is 0 Å². The van der Waals surface area contributed by atoms with Gasteiger partial charge in [-0.1, -0.05) is 19.1 Å². The average Bonchev–Trinajstić information content (AvgIpc) is 1.99. The maximum absolute atomic E-state index is 9.70. The molecule has 4 atom stereocenters. The van der Waals surface area contributed by atoms with E-state index in [2.05, 4.69) is 5.32 Å². The molecule has 1 heterocycles. The Morgan fingerprint density at radius 3 is 2.38 bits per heavy atom. The lowest BCUT2D eigenvalue weighted by molar-refractivity contribution is -0.110. The van der Waals surface area contributed by atoms with E-state index in [-0.39, 0.29) is 12.0 Å². The molecule has 0 bridgehead atoms. The molecule has 0 amide bonds. The van der Waals surface area contributed by atoms with Crippen LogP contribution in [-0.2, 0) is 0 Å². The van der Waals surface area contributed by atoms with Gasteiger partial charge >= 0.3 is 0 Å². The van der Waals surface area contributed by atoms with Crippen molar-refractivity contribution in [2.45, 2.75) is 32.3 Å². The summed E-state index contributed by atoms with van der Waals surface area (Å²) in [6, 6.07) is 0.0671. The summed E-state index contributed by atoms with van der Waals surface area (Å²) in [5, 5.41) is 30.6. The zero-order valence-corrected chi connectivity index (χ0v) is 8.45. The molecule has 76 valence electrons. The summed E-state index contributed by atoms with van der Waals surface area (Å²) in [6.07, 6.45) is -2.38. The van der Waals surface area contributed by atoms with Crippen LogP contribution in [0.4, 0.5) is 0 Å². The highest BCUT2D eigenvalue weighted by Gasteiger charge is 2.40. The van der Waals surface area contributed by atoms with Crippen molar-refractivity contribution in [2.24, 2.45) is 11.8 Å². The number of piperidine rings is 1. The minimum Gasteiger partial charge on any atom is -0.392 e. The third-order valence-corrected chi connectivity index (χ3v) is 3.08. The molecule has 0 saturated carbocycles. The number of nitrogens with one attached hydrogen (secondary N) is 1. The predicted octanol–water partition coefficient (Wildman–Crippen LogP) is -0.771. The van der Waals surface area contributed by atoms with Gasteiger partial charge in [-0.2, -0.15) is 0 Å². The normalized spacial score (nSPS) is 40.6. The maximum Gasteiger partial charge on any atom is 0.163 e. The van der Waals surface area contributed by atoms with Gasteiger partial charge in [0.2, 0.25) is 0 Å². The minimum absolute atomic E-state index is 0.0431. The van der Waals surface area contributed by atoms with Crippen LogP contribution < -0.4 is 5.32 Å². The van der Waals surface area contributed by atoms with Crippen molar-refractivity contribution in [3.63, 3.8) is 0 Å². The van der Waals surface area contributed by atoms with Crippen molar-refractivity contribution in [3.05, 3.63) is 0 Å². The fraction of sp³-hybridized carbons (Fsp3) is 0.875. The Morgan fingerprint density at radius 2 is 1.92 bits per heavy atom. The maximum atomic E-state index is 9.70. The van der Waals surface area contributed by atoms with Crippen LogP contribution in [0.3, 0.4) is 0 Å². The highest BCUT2D eigenvalue weighted by atomic mass is 32.1. The molecule has 0 aromatic heterocycles. The predicted molar refractivity (Wildman–Crippen MR) is 52.1 cm³/mol. The highest BCUT2D eigenvalue weighted by molar-refractivity contribution is 7.80. The summed E-state index contributed by atoms with van der Waals surface area (Å²) >= 11 is 4.92. The summed E-state index contributed by atoms with van der Waals surface area (Å²) in [6.45, 7) is 3.75. The summed E-state index contributed by atoms with van der Waals surface area (Å²) in [7, 11) is 0. The second-order valence-corrected chi connectivity index (χ2v) is 4.03. The van der Waals surface area contributed by atoms with Crippen molar-refractivity contribution in [2.75, 3.05) is 0 Å². The number of aliphatic hydroxyl groups excluding tert-OH is 2. The molecule has 4 nitrogen and oxygen atoms in total. The van der Waals surface area contributed by atoms with Gasteiger partial charge in [-0.15, -0.1) is 0 Å². The van der Waals surface area contributed by atoms with Crippen LogP contribution >= 0.6 is 12.2 Å². The second kappa shape index (κ2) is 3.88. The molecular weight excluding hydrogens is 190 g/mol. The first-order chi connectivity index (χ1) is 5.95. The number of hydrogen-bond donors (Lipinski definition) is 4. The minimum atomic E-state index is -1.59. The molecule has 0 spiro atoms. The van der Waals surface area contributed by atoms with Crippen LogP contribution in [0.15, 0.2) is 0 Å². The lowest BCUT2D eigenvalue weighted by atomic mass is 9.83. The zero-order valence-electron chi connectivity index (χ0n) is 7.64. The molecule has 1 saturated heterocycles. The van der Waals surface area contributed by atoms with Crippen molar-refractivity contribution >= 4 is 17.2 Å². The highest BCUT2D eigenvalue weighted by Crippen LogP contribution is 2.24. The summed E-state index contributed by atoms with van der Waals surface area (Å²) in [5.74, 6) is -0.806. The van der Waals surface area contributed by atoms with Gasteiger partial charge in [-0.05, 0) is 6.92 Å². The average molecular weight is 205 g/mol. The number of hydrogen-bond acceptors (Lipinski definition) is 4. The summed E-state index contributed by atoms with van der Waals surface area (Å²) in [5.41, 5.74) is 0. The lowest BCUT2D eigenvalue weighted by Crippen LogP contribution is -2.57. The molecule has 13 heavy (non-hydrogen) atoms.